The zero-order chi connectivity index (χ0) is 15.5. The van der Waals surface area contributed by atoms with Gasteiger partial charge in [-0.1, -0.05) is 11.6 Å². The highest BCUT2D eigenvalue weighted by Crippen LogP contribution is 2.24. The molecule has 1 rings (SSSR count). The van der Waals surface area contributed by atoms with Crippen molar-refractivity contribution in [1.29, 1.82) is 0 Å². The average molecular weight is 315 g/mol. The van der Waals surface area contributed by atoms with Crippen LogP contribution in [0.3, 0.4) is 0 Å². The zero-order valence-corrected chi connectivity index (χ0v) is 12.6. The van der Waals surface area contributed by atoms with Crippen LogP contribution < -0.4 is 4.74 Å². The van der Waals surface area contributed by atoms with Crippen molar-refractivity contribution in [3.8, 4) is 5.75 Å². The van der Waals surface area contributed by atoms with Crippen molar-refractivity contribution in [3.05, 3.63) is 34.9 Å². The molecular formula is C15H19ClO5. The lowest BCUT2D eigenvalue weighted by Crippen LogP contribution is -2.09. The van der Waals surface area contributed by atoms with E-state index in [1.807, 2.05) is 0 Å². The Bertz CT molecular complexity index is 473. The van der Waals surface area contributed by atoms with Gasteiger partial charge in [0.25, 0.3) is 0 Å². The Kier molecular flexibility index (Phi) is 8.50. The number of hydrogen-bond acceptors (Lipinski definition) is 4. The minimum atomic E-state index is -1.03. The van der Waals surface area contributed by atoms with Crippen molar-refractivity contribution >= 4 is 23.6 Å². The molecule has 1 aromatic carbocycles. The average Bonchev–Trinajstić information content (AvgIpc) is 2.45. The van der Waals surface area contributed by atoms with E-state index in [0.29, 0.717) is 42.8 Å². The molecule has 0 saturated heterocycles. The zero-order valence-electron chi connectivity index (χ0n) is 11.9. The van der Waals surface area contributed by atoms with E-state index < -0.39 is 5.97 Å². The fraction of sp³-hybridized carbons (Fsp3) is 0.400. The van der Waals surface area contributed by atoms with Crippen molar-refractivity contribution in [2.24, 2.45) is 0 Å². The third-order valence-corrected chi connectivity index (χ3v) is 2.73. The third kappa shape index (κ3) is 7.70. The fourth-order valence-corrected chi connectivity index (χ4v) is 1.74. The summed E-state index contributed by atoms with van der Waals surface area (Å²) < 4.78 is 15.9. The molecule has 0 aliphatic carbocycles. The van der Waals surface area contributed by atoms with Crippen molar-refractivity contribution in [3.63, 3.8) is 0 Å². The van der Waals surface area contributed by atoms with Gasteiger partial charge in [-0.15, -0.1) is 0 Å². The Hall–Kier alpha value is -1.56. The van der Waals surface area contributed by atoms with Gasteiger partial charge in [0.15, 0.2) is 0 Å². The van der Waals surface area contributed by atoms with Crippen LogP contribution in [0.4, 0.5) is 0 Å². The van der Waals surface area contributed by atoms with Crippen LogP contribution >= 0.6 is 11.6 Å². The second-order valence-corrected chi connectivity index (χ2v) is 4.60. The maximum Gasteiger partial charge on any atom is 0.328 e. The summed E-state index contributed by atoms with van der Waals surface area (Å²) in [6, 6.07) is 5.04. The topological polar surface area (TPSA) is 65.0 Å². The molecule has 116 valence electrons. The van der Waals surface area contributed by atoms with E-state index in [4.69, 9.17) is 30.9 Å². The van der Waals surface area contributed by atoms with Gasteiger partial charge in [-0.3, -0.25) is 0 Å². The fourth-order valence-electron chi connectivity index (χ4n) is 1.56. The molecule has 0 radical (unpaired) electrons. The SMILES string of the molecule is COCCCOCCOc1ccc(Cl)cc1/C=C/C(=O)O. The van der Waals surface area contributed by atoms with Gasteiger partial charge in [0.05, 0.1) is 6.61 Å². The smallest absolute Gasteiger partial charge is 0.328 e. The van der Waals surface area contributed by atoms with Crippen LogP contribution in [0, 0.1) is 0 Å². The molecule has 0 aliphatic rings. The molecule has 1 aromatic rings. The summed E-state index contributed by atoms with van der Waals surface area (Å²) in [6.07, 6.45) is 3.33. The van der Waals surface area contributed by atoms with E-state index in [0.717, 1.165) is 12.5 Å². The molecule has 5 nitrogen and oxygen atoms in total. The summed E-state index contributed by atoms with van der Waals surface area (Å²) in [5.41, 5.74) is 0.615. The Balaban J connectivity index is 2.45. The molecule has 6 heteroatoms. The van der Waals surface area contributed by atoms with Crippen molar-refractivity contribution in [2.75, 3.05) is 33.5 Å². The van der Waals surface area contributed by atoms with Gasteiger partial charge in [0.1, 0.15) is 12.4 Å². The van der Waals surface area contributed by atoms with Crippen LogP contribution in [0.1, 0.15) is 12.0 Å². The molecule has 0 fully saturated rings. The summed E-state index contributed by atoms with van der Waals surface area (Å²) in [7, 11) is 1.65. The monoisotopic (exact) mass is 314 g/mol. The predicted octanol–water partition coefficient (Wildman–Crippen LogP) is 2.87. The van der Waals surface area contributed by atoms with Crippen LogP contribution in [0.15, 0.2) is 24.3 Å². The summed E-state index contributed by atoms with van der Waals surface area (Å²) in [5.74, 6) is -0.459. The van der Waals surface area contributed by atoms with Crippen molar-refractivity contribution in [1.82, 2.24) is 0 Å². The maximum absolute atomic E-state index is 10.6. The maximum atomic E-state index is 10.6. The number of carbonyl (C=O) groups is 1. The second-order valence-electron chi connectivity index (χ2n) is 4.16. The number of ether oxygens (including phenoxy) is 3. The predicted molar refractivity (Wildman–Crippen MR) is 80.9 cm³/mol. The first-order chi connectivity index (χ1) is 10.1. The van der Waals surface area contributed by atoms with Crippen LogP contribution in [0.25, 0.3) is 6.08 Å². The van der Waals surface area contributed by atoms with E-state index in [-0.39, 0.29) is 0 Å². The lowest BCUT2D eigenvalue weighted by molar-refractivity contribution is -0.131. The molecule has 1 N–H and O–H groups in total. The molecule has 0 bridgehead atoms. The summed E-state index contributed by atoms with van der Waals surface area (Å²) in [4.78, 5) is 10.6. The standard InChI is InChI=1S/C15H19ClO5/c1-19-7-2-8-20-9-10-21-14-5-4-13(16)11-12(14)3-6-15(17)18/h3-6,11H,2,7-10H2,1H3,(H,17,18)/b6-3+. The quantitative estimate of drug-likeness (QED) is 0.531. The molecule has 0 aliphatic heterocycles. The normalized spacial score (nSPS) is 11.0. The molecule has 0 atom stereocenters. The first kappa shape index (κ1) is 17.5. The first-order valence-corrected chi connectivity index (χ1v) is 6.91. The number of carboxylic acid groups (broad SMARTS) is 1. The number of aliphatic carboxylic acids is 1. The van der Waals surface area contributed by atoms with Gasteiger partial charge >= 0.3 is 5.97 Å². The van der Waals surface area contributed by atoms with Gasteiger partial charge in [-0.2, -0.15) is 0 Å². The lowest BCUT2D eigenvalue weighted by Gasteiger charge is -2.10. The van der Waals surface area contributed by atoms with Gasteiger partial charge in [-0.25, -0.2) is 4.79 Å². The van der Waals surface area contributed by atoms with Crippen molar-refractivity contribution < 1.29 is 24.1 Å². The highest BCUT2D eigenvalue weighted by atomic mass is 35.5. The molecule has 0 aromatic heterocycles. The number of benzene rings is 1. The van der Waals surface area contributed by atoms with Gasteiger partial charge < -0.3 is 19.3 Å². The van der Waals surface area contributed by atoms with E-state index >= 15 is 0 Å². The minimum Gasteiger partial charge on any atom is -0.491 e. The molecule has 0 unspecified atom stereocenters. The lowest BCUT2D eigenvalue weighted by atomic mass is 10.2. The van der Waals surface area contributed by atoms with E-state index in [1.54, 1.807) is 25.3 Å². The Labute approximate surface area is 129 Å². The van der Waals surface area contributed by atoms with Gasteiger partial charge in [0.2, 0.25) is 0 Å². The Morgan fingerprint density at radius 2 is 2.10 bits per heavy atom. The second kappa shape index (κ2) is 10.2. The van der Waals surface area contributed by atoms with Gasteiger partial charge in [0, 0.05) is 37.0 Å². The number of hydrogen-bond donors (Lipinski definition) is 1. The van der Waals surface area contributed by atoms with E-state index in [9.17, 15) is 4.79 Å². The van der Waals surface area contributed by atoms with Gasteiger partial charge in [-0.05, 0) is 30.7 Å². The Morgan fingerprint density at radius 1 is 1.29 bits per heavy atom. The number of carboxylic acids is 1. The number of halogens is 1. The minimum absolute atomic E-state index is 0.378. The molecular weight excluding hydrogens is 296 g/mol. The molecule has 21 heavy (non-hydrogen) atoms. The molecule has 0 amide bonds. The van der Waals surface area contributed by atoms with Crippen LogP contribution in [-0.2, 0) is 14.3 Å². The van der Waals surface area contributed by atoms with E-state index in [1.165, 1.54) is 6.08 Å². The largest absolute Gasteiger partial charge is 0.491 e. The highest BCUT2D eigenvalue weighted by Gasteiger charge is 2.03. The molecule has 0 spiro atoms. The summed E-state index contributed by atoms with van der Waals surface area (Å²) in [6.45, 7) is 2.11. The van der Waals surface area contributed by atoms with Crippen LogP contribution in [-0.4, -0.2) is 44.6 Å². The third-order valence-electron chi connectivity index (χ3n) is 2.50. The van der Waals surface area contributed by atoms with E-state index in [2.05, 4.69) is 0 Å². The summed E-state index contributed by atoms with van der Waals surface area (Å²) in [5, 5.41) is 9.18. The van der Waals surface area contributed by atoms with Crippen LogP contribution in [0.2, 0.25) is 5.02 Å². The number of methoxy groups -OCH3 is 1. The molecule has 0 saturated carbocycles. The van der Waals surface area contributed by atoms with Crippen LogP contribution in [0.5, 0.6) is 5.75 Å². The Morgan fingerprint density at radius 3 is 2.81 bits per heavy atom. The first-order valence-electron chi connectivity index (χ1n) is 6.53. The van der Waals surface area contributed by atoms with Crippen molar-refractivity contribution in [2.45, 2.75) is 6.42 Å². The summed E-state index contributed by atoms with van der Waals surface area (Å²) >= 11 is 5.89. The number of rotatable bonds is 10. The molecule has 0 heterocycles. The highest BCUT2D eigenvalue weighted by molar-refractivity contribution is 6.30.